The molecule has 10 heteroatoms. The highest BCUT2D eigenvalue weighted by Crippen LogP contribution is 2.34. The van der Waals surface area contributed by atoms with E-state index in [0.29, 0.717) is 40.1 Å². The van der Waals surface area contributed by atoms with Crippen LogP contribution in [0.2, 0.25) is 10.0 Å². The van der Waals surface area contributed by atoms with E-state index >= 15 is 0 Å². The Balaban J connectivity index is 1.45. The molecule has 182 valence electrons. The molecule has 1 saturated heterocycles. The first-order valence-electron chi connectivity index (χ1n) is 11.6. The fourth-order valence-corrected chi connectivity index (χ4v) is 4.82. The van der Waals surface area contributed by atoms with Gasteiger partial charge < -0.3 is 15.5 Å². The Morgan fingerprint density at radius 2 is 1.77 bits per heavy atom. The summed E-state index contributed by atoms with van der Waals surface area (Å²) in [6.45, 7) is 3.73. The summed E-state index contributed by atoms with van der Waals surface area (Å²) in [6.07, 6.45) is 2.96. The molecular formula is C25H28Cl2N8. The molecule has 1 aliphatic heterocycles. The van der Waals surface area contributed by atoms with Crippen LogP contribution in [0.1, 0.15) is 6.42 Å². The fourth-order valence-electron chi connectivity index (χ4n) is 4.33. The van der Waals surface area contributed by atoms with Gasteiger partial charge in [-0.3, -0.25) is 4.90 Å². The van der Waals surface area contributed by atoms with Gasteiger partial charge in [0.05, 0.1) is 27.7 Å². The van der Waals surface area contributed by atoms with Gasteiger partial charge in [-0.1, -0.05) is 47.5 Å². The summed E-state index contributed by atoms with van der Waals surface area (Å²) in [5.41, 5.74) is 2.28. The lowest BCUT2D eigenvalue weighted by Crippen LogP contribution is -2.32. The number of likely N-dealkylation sites (N-methyl/N-ethyl adjacent to an activating group) is 1. The number of nitrogens with one attached hydrogen (secondary N) is 2. The molecule has 0 amide bonds. The highest BCUT2D eigenvalue weighted by molar-refractivity contribution is 6.39. The Labute approximate surface area is 214 Å². The van der Waals surface area contributed by atoms with Crippen molar-refractivity contribution in [1.29, 1.82) is 0 Å². The quantitative estimate of drug-likeness (QED) is 0.335. The number of fused-ring (bicyclic) bond motifs is 1. The zero-order valence-corrected chi connectivity index (χ0v) is 21.3. The van der Waals surface area contributed by atoms with Gasteiger partial charge in [0.15, 0.2) is 11.5 Å². The summed E-state index contributed by atoms with van der Waals surface area (Å²) in [5.74, 6) is 1.13. The molecule has 35 heavy (non-hydrogen) atoms. The fraction of sp³-hybridized carbons (Fsp3) is 0.320. The Kier molecular flexibility index (Phi) is 7.06. The predicted molar refractivity (Wildman–Crippen MR) is 143 cm³/mol. The largest absolute Gasteiger partial charge is 0.336 e. The van der Waals surface area contributed by atoms with Gasteiger partial charge in [-0.2, -0.15) is 10.1 Å². The molecule has 1 aliphatic rings. The van der Waals surface area contributed by atoms with Crippen molar-refractivity contribution >= 4 is 57.4 Å². The molecule has 0 spiro atoms. The highest BCUT2D eigenvalue weighted by Gasteiger charge is 2.24. The van der Waals surface area contributed by atoms with Gasteiger partial charge in [0, 0.05) is 31.0 Å². The van der Waals surface area contributed by atoms with Crippen LogP contribution in [0.5, 0.6) is 0 Å². The van der Waals surface area contributed by atoms with Gasteiger partial charge in [0.25, 0.3) is 0 Å². The van der Waals surface area contributed by atoms with Gasteiger partial charge in [-0.05, 0) is 51.3 Å². The maximum Gasteiger partial charge on any atom is 0.229 e. The molecule has 0 bridgehead atoms. The minimum absolute atomic E-state index is 0.515. The average Bonchev–Trinajstić information content (AvgIpc) is 3.46. The van der Waals surface area contributed by atoms with E-state index in [-0.39, 0.29) is 0 Å². The van der Waals surface area contributed by atoms with E-state index in [4.69, 9.17) is 33.3 Å². The van der Waals surface area contributed by atoms with Crippen molar-refractivity contribution in [3.05, 3.63) is 64.8 Å². The van der Waals surface area contributed by atoms with Crippen LogP contribution in [-0.2, 0) is 6.54 Å². The third-order valence-electron chi connectivity index (χ3n) is 6.33. The molecule has 0 aliphatic carbocycles. The number of rotatable bonds is 8. The highest BCUT2D eigenvalue weighted by atomic mass is 35.5. The molecule has 1 fully saturated rings. The normalized spacial score (nSPS) is 16.3. The summed E-state index contributed by atoms with van der Waals surface area (Å²) >= 11 is 12.8. The molecule has 4 aromatic rings. The van der Waals surface area contributed by atoms with E-state index in [0.717, 1.165) is 36.4 Å². The number of anilines is 4. The number of nitrogens with zero attached hydrogens (tertiary/aromatic N) is 6. The topological polar surface area (TPSA) is 74.1 Å². The second-order valence-electron chi connectivity index (χ2n) is 8.92. The lowest BCUT2D eigenvalue weighted by Gasteiger charge is -2.20. The lowest BCUT2D eigenvalue weighted by atomic mass is 10.2. The van der Waals surface area contributed by atoms with Gasteiger partial charge >= 0.3 is 0 Å². The van der Waals surface area contributed by atoms with Gasteiger partial charge in [0.1, 0.15) is 0 Å². The number of halogens is 2. The minimum atomic E-state index is 0.515. The predicted octanol–water partition coefficient (Wildman–Crippen LogP) is 5.26. The molecule has 0 saturated carbocycles. The Bertz CT molecular complexity index is 1290. The molecule has 2 N–H and O–H groups in total. The van der Waals surface area contributed by atoms with Crippen LogP contribution >= 0.6 is 23.2 Å². The molecule has 5 rings (SSSR count). The van der Waals surface area contributed by atoms with E-state index in [1.165, 1.54) is 6.42 Å². The first-order chi connectivity index (χ1) is 17.0. The summed E-state index contributed by atoms with van der Waals surface area (Å²) in [4.78, 5) is 14.1. The number of benzene rings is 2. The summed E-state index contributed by atoms with van der Waals surface area (Å²) in [7, 11) is 4.29. The SMILES string of the molecule is CN(C)[C@@H]1CCN(CCn2nc(Nc3c(Cl)cccc3Cl)c3cnc(Nc4ccccc4)nc32)C1. The van der Waals surface area contributed by atoms with Crippen LogP contribution < -0.4 is 10.6 Å². The standard InChI is InChI=1S/C25H28Cl2N8/c1-33(2)18-11-12-34(16-18)13-14-35-24-19(15-28-25(31-24)29-17-7-4-3-5-8-17)23(32-35)30-22-20(26)9-6-10-21(22)27/h3-10,15,18H,11-14,16H2,1-2H3,(H,30,32)(H,28,29,31)/t18-/m1/s1. The molecule has 2 aromatic carbocycles. The lowest BCUT2D eigenvalue weighted by molar-refractivity contribution is 0.261. The third kappa shape index (κ3) is 5.36. The third-order valence-corrected chi connectivity index (χ3v) is 6.96. The van der Waals surface area contributed by atoms with Gasteiger partial charge in [0.2, 0.25) is 5.95 Å². The monoisotopic (exact) mass is 510 g/mol. The number of aromatic nitrogens is 4. The maximum absolute atomic E-state index is 6.41. The van der Waals surface area contributed by atoms with Crippen molar-refractivity contribution in [2.24, 2.45) is 0 Å². The van der Waals surface area contributed by atoms with E-state index in [9.17, 15) is 0 Å². The van der Waals surface area contributed by atoms with Crippen LogP contribution in [-0.4, -0.2) is 69.3 Å². The molecule has 8 nitrogen and oxygen atoms in total. The van der Waals surface area contributed by atoms with E-state index in [1.807, 2.05) is 41.1 Å². The van der Waals surface area contributed by atoms with Crippen LogP contribution in [0.3, 0.4) is 0 Å². The van der Waals surface area contributed by atoms with Crippen molar-refractivity contribution in [3.63, 3.8) is 0 Å². The Morgan fingerprint density at radius 3 is 2.49 bits per heavy atom. The van der Waals surface area contributed by atoms with Crippen molar-refractivity contribution in [3.8, 4) is 0 Å². The number of hydrogen-bond acceptors (Lipinski definition) is 7. The molecule has 2 aromatic heterocycles. The molecule has 0 unspecified atom stereocenters. The second kappa shape index (κ2) is 10.4. The van der Waals surface area contributed by atoms with Crippen molar-refractivity contribution in [2.75, 3.05) is 44.4 Å². The maximum atomic E-state index is 6.41. The van der Waals surface area contributed by atoms with E-state index < -0.39 is 0 Å². The molecule has 3 heterocycles. The van der Waals surface area contributed by atoms with Crippen LogP contribution in [0.15, 0.2) is 54.7 Å². The molecular weight excluding hydrogens is 483 g/mol. The summed E-state index contributed by atoms with van der Waals surface area (Å²) in [5, 5.41) is 13.3. The van der Waals surface area contributed by atoms with Gasteiger partial charge in [-0.25, -0.2) is 9.67 Å². The minimum Gasteiger partial charge on any atom is -0.336 e. The molecule has 1 atom stereocenters. The molecule has 0 radical (unpaired) electrons. The average molecular weight is 511 g/mol. The van der Waals surface area contributed by atoms with Gasteiger partial charge in [-0.15, -0.1) is 0 Å². The van der Waals surface area contributed by atoms with Crippen LogP contribution in [0, 0.1) is 0 Å². The van der Waals surface area contributed by atoms with Crippen molar-refractivity contribution in [1.82, 2.24) is 29.5 Å². The van der Waals surface area contributed by atoms with Crippen LogP contribution in [0.25, 0.3) is 11.0 Å². The zero-order chi connectivity index (χ0) is 24.4. The first kappa shape index (κ1) is 23.8. The van der Waals surface area contributed by atoms with Crippen LogP contribution in [0.4, 0.5) is 23.1 Å². The van der Waals surface area contributed by atoms with Crippen molar-refractivity contribution in [2.45, 2.75) is 19.0 Å². The Morgan fingerprint density at radius 1 is 1.00 bits per heavy atom. The summed E-state index contributed by atoms with van der Waals surface area (Å²) < 4.78 is 1.93. The second-order valence-corrected chi connectivity index (χ2v) is 9.74. The summed E-state index contributed by atoms with van der Waals surface area (Å²) in [6, 6.07) is 15.9. The Hall–Kier alpha value is -2.91. The number of likely N-dealkylation sites (tertiary alicyclic amines) is 1. The van der Waals surface area contributed by atoms with E-state index in [2.05, 4.69) is 39.5 Å². The zero-order valence-electron chi connectivity index (χ0n) is 19.7. The smallest absolute Gasteiger partial charge is 0.229 e. The first-order valence-corrected chi connectivity index (χ1v) is 12.4. The van der Waals surface area contributed by atoms with Crippen molar-refractivity contribution < 1.29 is 0 Å². The number of para-hydroxylation sites is 2. The van der Waals surface area contributed by atoms with E-state index in [1.54, 1.807) is 18.3 Å². The number of hydrogen-bond donors (Lipinski definition) is 2.